The predicted molar refractivity (Wildman–Crippen MR) is 279 cm³/mol. The molecule has 372 valence electrons. The molecule has 63 heavy (non-hydrogen) atoms. The van der Waals surface area contributed by atoms with Crippen molar-refractivity contribution in [2.75, 3.05) is 33.7 Å². The minimum Gasteiger partial charge on any atom is -0.354 e. The predicted octanol–water partition coefficient (Wildman–Crippen LogP) is 17.6. The fraction of sp³-hybridized carbons (Fsp3) is 0.931. The number of carbonyl (C=O) groups is 2. The van der Waals surface area contributed by atoms with Crippen molar-refractivity contribution in [2.45, 2.75) is 309 Å². The van der Waals surface area contributed by atoms with E-state index < -0.39 is 5.54 Å². The van der Waals surface area contributed by atoms with Gasteiger partial charge in [0.15, 0.2) is 0 Å². The molecule has 1 aliphatic rings. The van der Waals surface area contributed by atoms with Crippen LogP contribution in [0.1, 0.15) is 303 Å². The maximum Gasteiger partial charge on any atom is 0.245 e. The van der Waals surface area contributed by atoms with E-state index in [0.717, 1.165) is 70.9 Å². The second-order valence-corrected chi connectivity index (χ2v) is 20.8. The Morgan fingerprint density at radius 1 is 0.460 bits per heavy atom. The highest BCUT2D eigenvalue weighted by Gasteiger charge is 2.51. The van der Waals surface area contributed by atoms with Crippen LogP contribution in [0.25, 0.3) is 0 Å². The zero-order valence-electron chi connectivity index (χ0n) is 43.7. The van der Waals surface area contributed by atoms with Gasteiger partial charge in [0.2, 0.25) is 11.8 Å². The van der Waals surface area contributed by atoms with Crippen LogP contribution in [0.2, 0.25) is 0 Å². The lowest BCUT2D eigenvalue weighted by atomic mass is 9.73. The molecular formula is C58H113N3O2. The topological polar surface area (TPSA) is 52.7 Å². The highest BCUT2D eigenvalue weighted by Crippen LogP contribution is 2.40. The quantitative estimate of drug-likeness (QED) is 0.0489. The van der Waals surface area contributed by atoms with Crippen LogP contribution in [-0.2, 0) is 9.59 Å². The molecule has 0 aliphatic heterocycles. The van der Waals surface area contributed by atoms with Crippen molar-refractivity contribution in [3.05, 3.63) is 12.2 Å². The van der Waals surface area contributed by atoms with Crippen molar-refractivity contribution < 1.29 is 9.59 Å². The van der Waals surface area contributed by atoms with E-state index in [1.807, 2.05) is 0 Å². The van der Waals surface area contributed by atoms with Crippen molar-refractivity contribution >= 4 is 11.8 Å². The molecule has 0 aromatic rings. The Labute approximate surface area is 395 Å². The maximum atomic E-state index is 14.9. The summed E-state index contributed by atoms with van der Waals surface area (Å²) >= 11 is 0. The number of allylic oxidation sites excluding steroid dienone is 2. The molecule has 0 bridgehead atoms. The Kier molecular flexibility index (Phi) is 42.1. The molecule has 0 aromatic carbocycles. The molecule has 0 spiro atoms. The molecule has 1 rings (SSSR count). The van der Waals surface area contributed by atoms with E-state index in [-0.39, 0.29) is 11.8 Å². The van der Waals surface area contributed by atoms with Crippen LogP contribution >= 0.6 is 0 Å². The molecule has 2 amide bonds. The van der Waals surface area contributed by atoms with Crippen LogP contribution in [0.4, 0.5) is 0 Å². The van der Waals surface area contributed by atoms with Crippen molar-refractivity contribution in [3.8, 4) is 0 Å². The van der Waals surface area contributed by atoms with E-state index in [0.29, 0.717) is 12.5 Å². The summed E-state index contributed by atoms with van der Waals surface area (Å²) < 4.78 is 0. The normalized spacial score (nSPS) is 13.7. The van der Waals surface area contributed by atoms with Gasteiger partial charge in [-0.1, -0.05) is 245 Å². The summed E-state index contributed by atoms with van der Waals surface area (Å²) in [7, 11) is 4.24. The van der Waals surface area contributed by atoms with Crippen LogP contribution in [0.5, 0.6) is 0 Å². The Morgan fingerprint density at radius 2 is 0.810 bits per heavy atom. The van der Waals surface area contributed by atoms with Gasteiger partial charge in [-0.05, 0) is 91.3 Å². The number of unbranched alkanes of at least 4 members (excludes halogenated alkanes) is 34. The first-order valence-electron chi connectivity index (χ1n) is 28.8. The van der Waals surface area contributed by atoms with Gasteiger partial charge in [0.05, 0.1) is 0 Å². The molecule has 0 unspecified atom stereocenters. The number of nitrogens with one attached hydrogen (secondary N) is 1. The SMILES string of the molecule is CCCCCCCC/C=C\CCCCCCCCNC(=O)C1(N(CCCN(C)C)C(=O)C(CCCCCCCCCCCCCC)CCCCCCCCCCCCCC)CCC1. The summed E-state index contributed by atoms with van der Waals surface area (Å²) in [6, 6.07) is 0. The highest BCUT2D eigenvalue weighted by atomic mass is 16.2. The average molecular weight is 885 g/mol. The maximum absolute atomic E-state index is 14.9. The summed E-state index contributed by atoms with van der Waals surface area (Å²) in [6.07, 6.45) is 60.7. The number of rotatable bonds is 49. The molecule has 1 aliphatic carbocycles. The summed E-state index contributed by atoms with van der Waals surface area (Å²) in [4.78, 5) is 33.5. The van der Waals surface area contributed by atoms with Gasteiger partial charge in [0.1, 0.15) is 5.54 Å². The molecule has 0 heterocycles. The molecule has 5 heteroatoms. The Bertz CT molecular complexity index is 994. The third-order valence-electron chi connectivity index (χ3n) is 14.5. The molecule has 5 nitrogen and oxygen atoms in total. The Morgan fingerprint density at radius 3 is 1.16 bits per heavy atom. The van der Waals surface area contributed by atoms with Crippen LogP contribution in [0, 0.1) is 5.92 Å². The second kappa shape index (κ2) is 44.5. The van der Waals surface area contributed by atoms with E-state index in [1.54, 1.807) is 0 Å². The summed E-state index contributed by atoms with van der Waals surface area (Å²) in [5.74, 6) is 0.484. The van der Waals surface area contributed by atoms with Crippen molar-refractivity contribution in [3.63, 3.8) is 0 Å². The van der Waals surface area contributed by atoms with Gasteiger partial charge >= 0.3 is 0 Å². The molecule has 1 fully saturated rings. The van der Waals surface area contributed by atoms with E-state index in [2.05, 4.69) is 62.1 Å². The van der Waals surface area contributed by atoms with Gasteiger partial charge in [0, 0.05) is 19.0 Å². The monoisotopic (exact) mass is 884 g/mol. The number of amides is 2. The smallest absolute Gasteiger partial charge is 0.245 e. The van der Waals surface area contributed by atoms with Gasteiger partial charge in [-0.15, -0.1) is 0 Å². The van der Waals surface area contributed by atoms with Crippen molar-refractivity contribution in [2.24, 2.45) is 5.92 Å². The van der Waals surface area contributed by atoms with E-state index in [1.165, 1.54) is 225 Å². The van der Waals surface area contributed by atoms with E-state index in [9.17, 15) is 9.59 Å². The third kappa shape index (κ3) is 32.9. The molecule has 0 radical (unpaired) electrons. The van der Waals surface area contributed by atoms with E-state index >= 15 is 0 Å². The molecule has 1 saturated carbocycles. The first-order valence-corrected chi connectivity index (χ1v) is 28.8. The number of carbonyl (C=O) groups excluding carboxylic acids is 2. The van der Waals surface area contributed by atoms with Crippen molar-refractivity contribution in [1.82, 2.24) is 15.1 Å². The lowest BCUT2D eigenvalue weighted by Crippen LogP contribution is -2.65. The third-order valence-corrected chi connectivity index (χ3v) is 14.5. The Balaban J connectivity index is 2.67. The zero-order chi connectivity index (χ0) is 45.7. The largest absolute Gasteiger partial charge is 0.354 e. The highest BCUT2D eigenvalue weighted by molar-refractivity contribution is 5.93. The van der Waals surface area contributed by atoms with Crippen molar-refractivity contribution in [1.29, 1.82) is 0 Å². The number of nitrogens with zero attached hydrogens (tertiary/aromatic N) is 2. The lowest BCUT2D eigenvalue weighted by molar-refractivity contribution is -0.157. The number of hydrogen-bond donors (Lipinski definition) is 1. The average Bonchev–Trinajstić information content (AvgIpc) is 3.26. The second-order valence-electron chi connectivity index (χ2n) is 20.8. The van der Waals surface area contributed by atoms with E-state index in [4.69, 9.17) is 0 Å². The molecule has 0 saturated heterocycles. The minimum absolute atomic E-state index is 0.0525. The fourth-order valence-electron chi connectivity index (χ4n) is 10.0. The summed E-state index contributed by atoms with van der Waals surface area (Å²) in [5, 5.41) is 3.38. The van der Waals surface area contributed by atoms with Crippen LogP contribution in [0.15, 0.2) is 12.2 Å². The van der Waals surface area contributed by atoms with Crippen LogP contribution in [0.3, 0.4) is 0 Å². The molecular weight excluding hydrogens is 771 g/mol. The van der Waals surface area contributed by atoms with Gasteiger partial charge in [-0.3, -0.25) is 9.59 Å². The van der Waals surface area contributed by atoms with Gasteiger partial charge in [-0.2, -0.15) is 0 Å². The molecule has 0 aromatic heterocycles. The molecule has 0 atom stereocenters. The molecule has 1 N–H and O–H groups in total. The summed E-state index contributed by atoms with van der Waals surface area (Å²) in [6.45, 7) is 9.26. The van der Waals surface area contributed by atoms with Crippen LogP contribution < -0.4 is 5.32 Å². The minimum atomic E-state index is -0.642. The number of hydrogen-bond acceptors (Lipinski definition) is 3. The lowest BCUT2D eigenvalue weighted by Gasteiger charge is -2.50. The first kappa shape index (κ1) is 59.7. The zero-order valence-corrected chi connectivity index (χ0v) is 43.7. The summed E-state index contributed by atoms with van der Waals surface area (Å²) in [5.41, 5.74) is -0.642. The standard InChI is InChI=1S/C58H113N3O2/c1-6-9-12-15-18-21-24-27-28-29-30-33-36-39-42-45-52-59-57(63)58(50-46-51-58)61(54-47-53-60(4)5)56(62)55(48-43-40-37-34-31-25-22-19-16-13-10-7-2)49-44-41-38-35-32-26-23-20-17-14-11-8-3/h27-28,55H,6-26,29-54H2,1-5H3,(H,59,63)/b28-27-. The van der Waals surface area contributed by atoms with Gasteiger partial charge in [-0.25, -0.2) is 0 Å². The van der Waals surface area contributed by atoms with Crippen LogP contribution in [-0.4, -0.2) is 60.9 Å². The first-order chi connectivity index (χ1) is 30.9. The van der Waals surface area contributed by atoms with Gasteiger partial charge < -0.3 is 15.1 Å². The van der Waals surface area contributed by atoms with Gasteiger partial charge in [0.25, 0.3) is 0 Å². The fourth-order valence-corrected chi connectivity index (χ4v) is 10.0. The Hall–Kier alpha value is -1.36.